The quantitative estimate of drug-likeness (QED) is 0.886. The highest BCUT2D eigenvalue weighted by molar-refractivity contribution is 9.10. The lowest BCUT2D eigenvalue weighted by molar-refractivity contribution is 0.530. The molecule has 3 rings (SSSR count). The van der Waals surface area contributed by atoms with E-state index in [4.69, 9.17) is 0 Å². The number of fused-ring (bicyclic) bond motifs is 1. The molecule has 0 heterocycles. The molecule has 1 unspecified atom stereocenters. The van der Waals surface area contributed by atoms with Crippen LogP contribution in [0.2, 0.25) is 0 Å². The predicted molar refractivity (Wildman–Crippen MR) is 78.4 cm³/mol. The lowest BCUT2D eigenvalue weighted by Crippen LogP contribution is -2.18. The summed E-state index contributed by atoms with van der Waals surface area (Å²) in [5.41, 5.74) is 3.65. The molecule has 98 valence electrons. The van der Waals surface area contributed by atoms with E-state index in [1.165, 1.54) is 11.1 Å². The fraction of sp³-hybridized carbons (Fsp3) is 0.250. The zero-order chi connectivity index (χ0) is 13.2. The van der Waals surface area contributed by atoms with Crippen LogP contribution < -0.4 is 5.32 Å². The molecule has 0 bridgehead atoms. The number of hydrogen-bond donors (Lipinski definition) is 1. The first-order valence-electron chi connectivity index (χ1n) is 6.48. The number of benzene rings is 2. The summed E-state index contributed by atoms with van der Waals surface area (Å²) in [6, 6.07) is 13.8. The second-order valence-corrected chi connectivity index (χ2v) is 5.86. The van der Waals surface area contributed by atoms with Crippen molar-refractivity contribution < 1.29 is 4.39 Å². The topological polar surface area (TPSA) is 12.0 Å². The van der Waals surface area contributed by atoms with Gasteiger partial charge >= 0.3 is 0 Å². The Hall–Kier alpha value is -1.19. The fourth-order valence-corrected chi connectivity index (χ4v) is 3.13. The van der Waals surface area contributed by atoms with Gasteiger partial charge in [0.2, 0.25) is 0 Å². The van der Waals surface area contributed by atoms with E-state index >= 15 is 0 Å². The zero-order valence-corrected chi connectivity index (χ0v) is 12.1. The monoisotopic (exact) mass is 319 g/mol. The lowest BCUT2D eigenvalue weighted by atomic mass is 10.1. The molecule has 1 aliphatic rings. The van der Waals surface area contributed by atoms with Gasteiger partial charge in [-0.1, -0.05) is 34.1 Å². The summed E-state index contributed by atoms with van der Waals surface area (Å²) >= 11 is 3.48. The van der Waals surface area contributed by atoms with E-state index in [9.17, 15) is 4.39 Å². The first kappa shape index (κ1) is 12.8. The molecule has 2 aromatic rings. The molecule has 19 heavy (non-hydrogen) atoms. The van der Waals surface area contributed by atoms with Crippen molar-refractivity contribution >= 4 is 15.9 Å². The van der Waals surface area contributed by atoms with Gasteiger partial charge in [-0.15, -0.1) is 0 Å². The van der Waals surface area contributed by atoms with Crippen LogP contribution in [0.3, 0.4) is 0 Å². The zero-order valence-electron chi connectivity index (χ0n) is 10.5. The highest BCUT2D eigenvalue weighted by atomic mass is 79.9. The Morgan fingerprint density at radius 1 is 1.21 bits per heavy atom. The Labute approximate surface area is 121 Å². The maximum absolute atomic E-state index is 13.2. The van der Waals surface area contributed by atoms with E-state index in [1.54, 1.807) is 12.1 Å². The Kier molecular flexibility index (Phi) is 3.67. The second kappa shape index (κ2) is 5.43. The molecule has 0 fully saturated rings. The minimum atomic E-state index is -0.133. The van der Waals surface area contributed by atoms with E-state index < -0.39 is 0 Å². The van der Waals surface area contributed by atoms with Crippen LogP contribution in [0.25, 0.3) is 0 Å². The van der Waals surface area contributed by atoms with Gasteiger partial charge in [-0.05, 0) is 53.8 Å². The lowest BCUT2D eigenvalue weighted by Gasteiger charge is -2.14. The Morgan fingerprint density at radius 3 is 2.95 bits per heavy atom. The molecular weight excluding hydrogens is 305 g/mol. The smallest absolute Gasteiger partial charge is 0.123 e. The van der Waals surface area contributed by atoms with Gasteiger partial charge in [0.15, 0.2) is 0 Å². The van der Waals surface area contributed by atoms with E-state index in [-0.39, 0.29) is 5.82 Å². The molecule has 0 saturated carbocycles. The van der Waals surface area contributed by atoms with Gasteiger partial charge in [0.05, 0.1) is 0 Å². The van der Waals surface area contributed by atoms with Crippen LogP contribution in [0.4, 0.5) is 4.39 Å². The summed E-state index contributed by atoms with van der Waals surface area (Å²) in [7, 11) is 0. The second-order valence-electron chi connectivity index (χ2n) is 4.95. The van der Waals surface area contributed by atoms with Crippen molar-refractivity contribution in [3.8, 4) is 0 Å². The number of aryl methyl sites for hydroxylation is 1. The highest BCUT2D eigenvalue weighted by Crippen LogP contribution is 2.31. The molecule has 0 radical (unpaired) electrons. The number of nitrogens with one attached hydrogen (secondary N) is 1. The highest BCUT2D eigenvalue weighted by Gasteiger charge is 2.22. The van der Waals surface area contributed by atoms with Crippen LogP contribution in [0.15, 0.2) is 46.9 Å². The Morgan fingerprint density at radius 2 is 2.11 bits per heavy atom. The average molecular weight is 320 g/mol. The van der Waals surface area contributed by atoms with Crippen LogP contribution in [-0.2, 0) is 13.0 Å². The van der Waals surface area contributed by atoms with Crippen LogP contribution in [-0.4, -0.2) is 0 Å². The first-order chi connectivity index (χ1) is 9.22. The van der Waals surface area contributed by atoms with Crippen LogP contribution in [0.1, 0.15) is 29.2 Å². The number of rotatable bonds is 3. The van der Waals surface area contributed by atoms with Gasteiger partial charge in [0.25, 0.3) is 0 Å². The van der Waals surface area contributed by atoms with Gasteiger partial charge in [0.1, 0.15) is 5.82 Å². The van der Waals surface area contributed by atoms with Crippen LogP contribution in [0.5, 0.6) is 0 Å². The largest absolute Gasteiger partial charge is 0.306 e. The van der Waals surface area contributed by atoms with Gasteiger partial charge < -0.3 is 5.32 Å². The number of hydrogen-bond acceptors (Lipinski definition) is 1. The van der Waals surface area contributed by atoms with Gasteiger partial charge in [0, 0.05) is 17.1 Å². The van der Waals surface area contributed by atoms with E-state index in [2.05, 4.69) is 33.4 Å². The molecule has 0 amide bonds. The van der Waals surface area contributed by atoms with Crippen molar-refractivity contribution in [2.75, 3.05) is 0 Å². The van der Waals surface area contributed by atoms with Crippen molar-refractivity contribution in [1.82, 2.24) is 5.32 Å². The third kappa shape index (κ3) is 2.88. The molecule has 2 aromatic carbocycles. The summed E-state index contributed by atoms with van der Waals surface area (Å²) in [5, 5.41) is 3.56. The number of halogens is 2. The van der Waals surface area contributed by atoms with Crippen molar-refractivity contribution in [3.63, 3.8) is 0 Å². The third-order valence-electron chi connectivity index (χ3n) is 3.62. The van der Waals surface area contributed by atoms with E-state index in [0.717, 1.165) is 29.4 Å². The molecule has 0 aliphatic heterocycles. The molecule has 1 aliphatic carbocycles. The molecule has 1 nitrogen and oxygen atoms in total. The maximum Gasteiger partial charge on any atom is 0.123 e. The molecule has 0 aromatic heterocycles. The maximum atomic E-state index is 13.2. The van der Waals surface area contributed by atoms with Crippen LogP contribution in [0, 0.1) is 5.82 Å². The fourth-order valence-electron chi connectivity index (χ4n) is 2.69. The summed E-state index contributed by atoms with van der Waals surface area (Å²) in [6.45, 7) is 0.834. The molecule has 0 spiro atoms. The molecular formula is C16H15BrFN. The van der Waals surface area contributed by atoms with Crippen molar-refractivity contribution in [2.24, 2.45) is 0 Å². The van der Waals surface area contributed by atoms with Gasteiger partial charge in [-0.3, -0.25) is 0 Å². The molecule has 1 atom stereocenters. The third-order valence-corrected chi connectivity index (χ3v) is 4.12. The first-order valence-corrected chi connectivity index (χ1v) is 7.28. The standard InChI is InChI=1S/C16H15BrFN/c17-13-3-1-2-11(8-13)10-19-16-7-4-12-9-14(18)5-6-15(12)16/h1-3,5-6,8-9,16,19H,4,7,10H2. The minimum absolute atomic E-state index is 0.133. The van der Waals surface area contributed by atoms with Crippen molar-refractivity contribution in [2.45, 2.75) is 25.4 Å². The van der Waals surface area contributed by atoms with E-state index in [1.807, 2.05) is 18.2 Å². The van der Waals surface area contributed by atoms with Crippen LogP contribution >= 0.6 is 15.9 Å². The summed E-state index contributed by atoms with van der Waals surface area (Å²) in [6.07, 6.45) is 2.01. The molecule has 3 heteroatoms. The Balaban J connectivity index is 1.70. The van der Waals surface area contributed by atoms with E-state index in [0.29, 0.717) is 6.04 Å². The van der Waals surface area contributed by atoms with Gasteiger partial charge in [-0.25, -0.2) is 4.39 Å². The van der Waals surface area contributed by atoms with Crippen molar-refractivity contribution in [1.29, 1.82) is 0 Å². The SMILES string of the molecule is Fc1ccc2c(c1)CCC2NCc1cccc(Br)c1. The summed E-state index contributed by atoms with van der Waals surface area (Å²) < 4.78 is 14.3. The van der Waals surface area contributed by atoms with Gasteiger partial charge in [-0.2, -0.15) is 0 Å². The predicted octanol–water partition coefficient (Wildman–Crippen LogP) is 4.37. The summed E-state index contributed by atoms with van der Waals surface area (Å²) in [4.78, 5) is 0. The Bertz CT molecular complexity index is 597. The average Bonchev–Trinajstić information content (AvgIpc) is 2.78. The minimum Gasteiger partial charge on any atom is -0.306 e. The molecule has 0 saturated heterocycles. The van der Waals surface area contributed by atoms with Crippen molar-refractivity contribution in [3.05, 3.63) is 69.4 Å². The normalized spacial score (nSPS) is 17.5. The summed E-state index contributed by atoms with van der Waals surface area (Å²) in [5.74, 6) is -0.133. The molecule has 1 N–H and O–H groups in total.